The molecular formula is C14H25N3. The van der Waals surface area contributed by atoms with Crippen molar-refractivity contribution in [1.82, 2.24) is 14.9 Å². The van der Waals surface area contributed by atoms with Crippen LogP contribution in [-0.2, 0) is 0 Å². The van der Waals surface area contributed by atoms with Gasteiger partial charge in [-0.2, -0.15) is 0 Å². The Morgan fingerprint density at radius 3 is 2.82 bits per heavy atom. The fourth-order valence-corrected chi connectivity index (χ4v) is 3.05. The standard InChI is InChI=1S/C14H25N3/c1-10(2)14-16-7-8-17(14)13-9-11(3)5-6-12(13)15-4/h7-8,10-13,15H,5-6,9H2,1-4H3. The Labute approximate surface area is 105 Å². The molecule has 1 fully saturated rings. The van der Waals surface area contributed by atoms with Crippen molar-refractivity contribution in [1.29, 1.82) is 0 Å². The van der Waals surface area contributed by atoms with Crippen LogP contribution < -0.4 is 5.32 Å². The van der Waals surface area contributed by atoms with Crippen LogP contribution in [0.2, 0.25) is 0 Å². The summed E-state index contributed by atoms with van der Waals surface area (Å²) in [5.74, 6) is 2.55. The van der Waals surface area contributed by atoms with Crippen LogP contribution in [0.4, 0.5) is 0 Å². The molecule has 17 heavy (non-hydrogen) atoms. The molecule has 1 aromatic rings. The molecule has 1 saturated carbocycles. The number of nitrogens with one attached hydrogen (secondary N) is 1. The molecule has 2 rings (SSSR count). The summed E-state index contributed by atoms with van der Waals surface area (Å²) < 4.78 is 2.40. The van der Waals surface area contributed by atoms with E-state index in [2.05, 4.69) is 48.9 Å². The molecule has 0 radical (unpaired) electrons. The van der Waals surface area contributed by atoms with Gasteiger partial charge < -0.3 is 9.88 Å². The molecule has 0 amide bonds. The van der Waals surface area contributed by atoms with Gasteiger partial charge in [-0.3, -0.25) is 0 Å². The first kappa shape index (κ1) is 12.6. The third-order valence-electron chi connectivity index (χ3n) is 4.02. The molecule has 1 N–H and O–H groups in total. The lowest BCUT2D eigenvalue weighted by atomic mass is 9.83. The molecule has 1 aliphatic rings. The van der Waals surface area contributed by atoms with Crippen molar-refractivity contribution in [2.24, 2.45) is 5.92 Å². The molecule has 96 valence electrons. The fourth-order valence-electron chi connectivity index (χ4n) is 3.05. The molecule has 0 spiro atoms. The molecule has 3 heteroatoms. The number of rotatable bonds is 3. The molecule has 0 aliphatic heterocycles. The first-order valence-electron chi connectivity index (χ1n) is 6.83. The molecule has 3 atom stereocenters. The van der Waals surface area contributed by atoms with Gasteiger partial charge in [0.2, 0.25) is 0 Å². The summed E-state index contributed by atoms with van der Waals surface area (Å²) in [6.45, 7) is 6.81. The Morgan fingerprint density at radius 1 is 1.41 bits per heavy atom. The third-order valence-corrected chi connectivity index (χ3v) is 4.02. The lowest BCUT2D eigenvalue weighted by Gasteiger charge is -2.36. The van der Waals surface area contributed by atoms with E-state index >= 15 is 0 Å². The monoisotopic (exact) mass is 235 g/mol. The van der Waals surface area contributed by atoms with E-state index in [0.717, 1.165) is 5.92 Å². The van der Waals surface area contributed by atoms with E-state index in [1.807, 2.05) is 6.20 Å². The van der Waals surface area contributed by atoms with Crippen molar-refractivity contribution in [2.45, 2.75) is 58.0 Å². The van der Waals surface area contributed by atoms with E-state index < -0.39 is 0 Å². The van der Waals surface area contributed by atoms with Gasteiger partial charge >= 0.3 is 0 Å². The normalized spacial score (nSPS) is 29.8. The highest BCUT2D eigenvalue weighted by Gasteiger charge is 2.30. The van der Waals surface area contributed by atoms with Crippen LogP contribution in [0.25, 0.3) is 0 Å². The predicted octanol–water partition coefficient (Wildman–Crippen LogP) is 2.96. The maximum absolute atomic E-state index is 4.52. The zero-order valence-electron chi connectivity index (χ0n) is 11.5. The van der Waals surface area contributed by atoms with Gasteiger partial charge in [0.25, 0.3) is 0 Å². The van der Waals surface area contributed by atoms with E-state index in [9.17, 15) is 0 Å². The first-order chi connectivity index (χ1) is 8.13. The molecule has 3 nitrogen and oxygen atoms in total. The number of imidazole rings is 1. The van der Waals surface area contributed by atoms with Crippen molar-refractivity contribution in [2.75, 3.05) is 7.05 Å². The number of aromatic nitrogens is 2. The second-order valence-electron chi connectivity index (χ2n) is 5.73. The van der Waals surface area contributed by atoms with E-state index in [4.69, 9.17) is 0 Å². The fraction of sp³-hybridized carbons (Fsp3) is 0.786. The first-order valence-corrected chi connectivity index (χ1v) is 6.83. The average molecular weight is 235 g/mol. The van der Waals surface area contributed by atoms with E-state index in [-0.39, 0.29) is 0 Å². The van der Waals surface area contributed by atoms with Gasteiger partial charge in [-0.15, -0.1) is 0 Å². The summed E-state index contributed by atoms with van der Waals surface area (Å²) in [6, 6.07) is 1.17. The van der Waals surface area contributed by atoms with Crippen molar-refractivity contribution in [3.8, 4) is 0 Å². The summed E-state index contributed by atoms with van der Waals surface area (Å²) in [7, 11) is 2.08. The molecule has 0 aromatic carbocycles. The maximum Gasteiger partial charge on any atom is 0.111 e. The van der Waals surface area contributed by atoms with Crippen LogP contribution >= 0.6 is 0 Å². The summed E-state index contributed by atoms with van der Waals surface area (Å²) in [4.78, 5) is 4.52. The Bertz CT molecular complexity index is 356. The number of hydrogen-bond acceptors (Lipinski definition) is 2. The lowest BCUT2D eigenvalue weighted by Crippen LogP contribution is -2.40. The Balaban J connectivity index is 2.25. The zero-order chi connectivity index (χ0) is 12.4. The second kappa shape index (κ2) is 5.21. The van der Waals surface area contributed by atoms with Crippen LogP contribution in [0.1, 0.15) is 57.8 Å². The molecule has 1 heterocycles. The van der Waals surface area contributed by atoms with Gasteiger partial charge in [0.1, 0.15) is 5.82 Å². The van der Waals surface area contributed by atoms with Crippen LogP contribution in [0.3, 0.4) is 0 Å². The minimum Gasteiger partial charge on any atom is -0.330 e. The van der Waals surface area contributed by atoms with Gasteiger partial charge in [0.15, 0.2) is 0 Å². The summed E-state index contributed by atoms with van der Waals surface area (Å²) >= 11 is 0. The highest BCUT2D eigenvalue weighted by Crippen LogP contribution is 2.34. The van der Waals surface area contributed by atoms with Crippen LogP contribution in [0.5, 0.6) is 0 Å². The smallest absolute Gasteiger partial charge is 0.111 e. The summed E-state index contributed by atoms with van der Waals surface area (Å²) in [6.07, 6.45) is 7.98. The van der Waals surface area contributed by atoms with Crippen LogP contribution in [0.15, 0.2) is 12.4 Å². The highest BCUT2D eigenvalue weighted by atomic mass is 15.1. The van der Waals surface area contributed by atoms with Gasteiger partial charge in [0, 0.05) is 24.4 Å². The Morgan fingerprint density at radius 2 is 2.18 bits per heavy atom. The summed E-state index contributed by atoms with van der Waals surface area (Å²) in [5.41, 5.74) is 0. The quantitative estimate of drug-likeness (QED) is 0.873. The van der Waals surface area contributed by atoms with Crippen LogP contribution in [0, 0.1) is 5.92 Å². The van der Waals surface area contributed by atoms with Crippen molar-refractivity contribution in [3.05, 3.63) is 18.2 Å². The Hall–Kier alpha value is -0.830. The van der Waals surface area contributed by atoms with E-state index in [0.29, 0.717) is 18.0 Å². The second-order valence-corrected chi connectivity index (χ2v) is 5.73. The minimum absolute atomic E-state index is 0.500. The van der Waals surface area contributed by atoms with Crippen LogP contribution in [-0.4, -0.2) is 22.6 Å². The van der Waals surface area contributed by atoms with Gasteiger partial charge in [0.05, 0.1) is 6.04 Å². The highest BCUT2D eigenvalue weighted by molar-refractivity contribution is 5.03. The number of nitrogens with zero attached hydrogens (tertiary/aromatic N) is 2. The van der Waals surface area contributed by atoms with Crippen molar-refractivity contribution in [3.63, 3.8) is 0 Å². The number of likely N-dealkylation sites (N-methyl/N-ethyl adjacent to an activating group) is 1. The molecular weight excluding hydrogens is 210 g/mol. The number of hydrogen-bond donors (Lipinski definition) is 1. The largest absolute Gasteiger partial charge is 0.330 e. The minimum atomic E-state index is 0.500. The summed E-state index contributed by atoms with van der Waals surface area (Å²) in [5, 5.41) is 3.48. The van der Waals surface area contributed by atoms with E-state index in [1.165, 1.54) is 25.1 Å². The maximum atomic E-state index is 4.52. The van der Waals surface area contributed by atoms with E-state index in [1.54, 1.807) is 0 Å². The molecule has 3 unspecified atom stereocenters. The topological polar surface area (TPSA) is 29.9 Å². The average Bonchev–Trinajstić information content (AvgIpc) is 2.77. The van der Waals surface area contributed by atoms with Crippen molar-refractivity contribution >= 4 is 0 Å². The molecule has 1 aliphatic carbocycles. The Kier molecular flexibility index (Phi) is 3.87. The molecule has 1 aromatic heterocycles. The van der Waals surface area contributed by atoms with Gasteiger partial charge in [-0.1, -0.05) is 20.8 Å². The predicted molar refractivity (Wildman–Crippen MR) is 71.2 cm³/mol. The lowest BCUT2D eigenvalue weighted by molar-refractivity contribution is 0.219. The van der Waals surface area contributed by atoms with Gasteiger partial charge in [-0.05, 0) is 32.2 Å². The molecule has 0 bridgehead atoms. The molecule has 0 saturated heterocycles. The zero-order valence-corrected chi connectivity index (χ0v) is 11.5. The SMILES string of the molecule is CNC1CCC(C)CC1n1ccnc1C(C)C. The third kappa shape index (κ3) is 2.54. The van der Waals surface area contributed by atoms with Gasteiger partial charge in [-0.25, -0.2) is 4.98 Å². The van der Waals surface area contributed by atoms with Crippen molar-refractivity contribution < 1.29 is 0 Å².